The molecule has 0 amide bonds. The lowest BCUT2D eigenvalue weighted by Crippen LogP contribution is -2.37. The Hall–Kier alpha value is -1.27. The van der Waals surface area contributed by atoms with Crippen LogP contribution in [0.1, 0.15) is 121 Å². The van der Waals surface area contributed by atoms with Gasteiger partial charge in [-0.25, -0.2) is 0 Å². The molecule has 5 nitrogen and oxygen atoms in total. The molecule has 202 valence electrons. The molecule has 0 aromatic heterocycles. The Morgan fingerprint density at radius 1 is 0.886 bits per heavy atom. The fraction of sp³-hybridized carbons (Fsp3) is 0.793. The summed E-state index contributed by atoms with van der Waals surface area (Å²) in [5.41, 5.74) is 3.07. The smallest absolute Gasteiger partial charge is 0.446 e. The van der Waals surface area contributed by atoms with Gasteiger partial charge in [0.1, 0.15) is 11.4 Å². The van der Waals surface area contributed by atoms with Crippen LogP contribution in [-0.2, 0) is 16.8 Å². The molecule has 0 saturated carbocycles. The summed E-state index contributed by atoms with van der Waals surface area (Å²) in [6.45, 7) is 17.2. The molecular weight excluding hydrogens is 460 g/mol. The molecule has 35 heavy (non-hydrogen) atoms. The summed E-state index contributed by atoms with van der Waals surface area (Å²) in [5.74, 6) is 3.48. The van der Waals surface area contributed by atoms with Crippen molar-refractivity contribution in [1.29, 1.82) is 0 Å². The monoisotopic (exact) mass is 510 g/mol. The highest BCUT2D eigenvalue weighted by atomic mass is 32.3. The first-order chi connectivity index (χ1) is 16.2. The lowest BCUT2D eigenvalue weighted by atomic mass is 9.84. The lowest BCUT2D eigenvalue weighted by molar-refractivity contribution is 0.0512. The standard InChI is InChI=1S/C29H50O5S/c1-20(2)12-9-13-21(3)14-10-15-22(4)16-11-18-29(8)19-17-26-25(7)27(34-35(30,31)32)23(5)24(6)28(26)33-29/h20-22H,9-19H2,1-8H3,(H,30,31,32)/t21?,22?,29-/m1/s1. The van der Waals surface area contributed by atoms with E-state index < -0.39 is 10.4 Å². The van der Waals surface area contributed by atoms with Crippen LogP contribution in [0.25, 0.3) is 0 Å². The zero-order valence-corrected chi connectivity index (χ0v) is 24.3. The highest BCUT2D eigenvalue weighted by Gasteiger charge is 2.35. The summed E-state index contributed by atoms with van der Waals surface area (Å²) in [5, 5.41) is 0. The molecule has 6 heteroatoms. The fourth-order valence-electron chi connectivity index (χ4n) is 5.49. The van der Waals surface area contributed by atoms with E-state index >= 15 is 0 Å². The van der Waals surface area contributed by atoms with E-state index in [0.29, 0.717) is 5.56 Å². The molecule has 0 radical (unpaired) electrons. The highest BCUT2D eigenvalue weighted by Crippen LogP contribution is 2.45. The molecule has 0 aliphatic carbocycles. The molecule has 3 atom stereocenters. The van der Waals surface area contributed by atoms with Crippen LogP contribution >= 0.6 is 0 Å². The molecular formula is C29H50O5S. The average molecular weight is 511 g/mol. The van der Waals surface area contributed by atoms with E-state index in [1.807, 2.05) is 20.8 Å². The van der Waals surface area contributed by atoms with Gasteiger partial charge >= 0.3 is 10.4 Å². The van der Waals surface area contributed by atoms with E-state index in [-0.39, 0.29) is 11.4 Å². The van der Waals surface area contributed by atoms with Crippen LogP contribution in [0.3, 0.4) is 0 Å². The van der Waals surface area contributed by atoms with Crippen molar-refractivity contribution in [3.05, 3.63) is 22.3 Å². The van der Waals surface area contributed by atoms with Crippen molar-refractivity contribution >= 4 is 10.4 Å². The largest absolute Gasteiger partial charge is 0.487 e. The Morgan fingerprint density at radius 2 is 1.43 bits per heavy atom. The Kier molecular flexibility index (Phi) is 11.0. The number of hydrogen-bond donors (Lipinski definition) is 1. The molecule has 0 spiro atoms. The predicted octanol–water partition coefficient (Wildman–Crippen LogP) is 8.32. The minimum atomic E-state index is -4.57. The maximum atomic E-state index is 11.3. The molecule has 1 N–H and O–H groups in total. The molecule has 2 unspecified atom stereocenters. The first kappa shape index (κ1) is 30.0. The topological polar surface area (TPSA) is 72.8 Å². The summed E-state index contributed by atoms with van der Waals surface area (Å²) < 4.78 is 43.3. The Labute approximate surface area is 215 Å². The second-order valence-electron chi connectivity index (χ2n) is 11.9. The van der Waals surface area contributed by atoms with Crippen LogP contribution in [0.5, 0.6) is 11.5 Å². The quantitative estimate of drug-likeness (QED) is 0.255. The SMILES string of the molecule is Cc1c(C)c2c(c(C)c1OS(=O)(=O)O)CC[C@@](C)(CCCC(C)CCCC(C)CCCC(C)C)O2. The Morgan fingerprint density at radius 3 is 1.97 bits per heavy atom. The normalized spacial score (nSPS) is 19.8. The predicted molar refractivity (Wildman–Crippen MR) is 145 cm³/mol. The van der Waals surface area contributed by atoms with E-state index in [4.69, 9.17) is 8.92 Å². The summed E-state index contributed by atoms with van der Waals surface area (Å²) in [4.78, 5) is 0. The zero-order chi connectivity index (χ0) is 26.4. The van der Waals surface area contributed by atoms with Crippen molar-refractivity contribution in [1.82, 2.24) is 0 Å². The maximum absolute atomic E-state index is 11.3. The number of hydrogen-bond acceptors (Lipinski definition) is 4. The van der Waals surface area contributed by atoms with Gasteiger partial charge in [0.2, 0.25) is 0 Å². The highest BCUT2D eigenvalue weighted by molar-refractivity contribution is 7.81. The van der Waals surface area contributed by atoms with Crippen molar-refractivity contribution < 1.29 is 21.9 Å². The fourth-order valence-corrected chi connectivity index (χ4v) is 5.95. The van der Waals surface area contributed by atoms with Gasteiger partial charge in [-0.15, -0.1) is 0 Å². The van der Waals surface area contributed by atoms with E-state index in [1.54, 1.807) is 0 Å². The summed E-state index contributed by atoms with van der Waals surface area (Å²) in [6, 6.07) is 0. The molecule has 1 aromatic carbocycles. The maximum Gasteiger partial charge on any atom is 0.446 e. The van der Waals surface area contributed by atoms with Crippen molar-refractivity contribution in [3.8, 4) is 11.5 Å². The van der Waals surface area contributed by atoms with Gasteiger partial charge in [-0.05, 0) is 82.3 Å². The molecule has 1 heterocycles. The third kappa shape index (κ3) is 9.27. The van der Waals surface area contributed by atoms with Crippen LogP contribution in [0.4, 0.5) is 0 Å². The zero-order valence-electron chi connectivity index (χ0n) is 23.5. The minimum absolute atomic E-state index is 0.216. The molecule has 2 rings (SSSR count). The van der Waals surface area contributed by atoms with Crippen LogP contribution in [0.15, 0.2) is 0 Å². The van der Waals surface area contributed by atoms with Gasteiger partial charge in [-0.2, -0.15) is 8.42 Å². The molecule has 0 fully saturated rings. The molecule has 0 saturated heterocycles. The Bertz CT molecular complexity index is 937. The second kappa shape index (κ2) is 12.8. The van der Waals surface area contributed by atoms with Crippen molar-refractivity contribution in [2.75, 3.05) is 0 Å². The second-order valence-corrected chi connectivity index (χ2v) is 13.0. The molecule has 1 aliphatic heterocycles. The third-order valence-corrected chi connectivity index (χ3v) is 8.40. The van der Waals surface area contributed by atoms with Gasteiger partial charge in [0.05, 0.1) is 0 Å². The van der Waals surface area contributed by atoms with Gasteiger partial charge in [-0.1, -0.05) is 72.6 Å². The van der Waals surface area contributed by atoms with Gasteiger partial charge in [-0.3, -0.25) is 4.55 Å². The molecule has 1 aliphatic rings. The van der Waals surface area contributed by atoms with Crippen LogP contribution in [-0.4, -0.2) is 18.6 Å². The number of benzene rings is 1. The van der Waals surface area contributed by atoms with Gasteiger partial charge in [0, 0.05) is 11.1 Å². The van der Waals surface area contributed by atoms with Crippen molar-refractivity contribution in [2.45, 2.75) is 132 Å². The minimum Gasteiger partial charge on any atom is -0.487 e. The van der Waals surface area contributed by atoms with Crippen molar-refractivity contribution in [2.24, 2.45) is 17.8 Å². The van der Waals surface area contributed by atoms with Gasteiger partial charge in [0.15, 0.2) is 5.75 Å². The number of fused-ring (bicyclic) bond motifs is 1. The van der Waals surface area contributed by atoms with E-state index in [0.717, 1.165) is 65.9 Å². The van der Waals surface area contributed by atoms with Crippen LogP contribution in [0.2, 0.25) is 0 Å². The van der Waals surface area contributed by atoms with Crippen LogP contribution in [0, 0.1) is 38.5 Å². The van der Waals surface area contributed by atoms with E-state index in [9.17, 15) is 13.0 Å². The first-order valence-electron chi connectivity index (χ1n) is 13.7. The molecule has 0 bridgehead atoms. The number of rotatable bonds is 14. The van der Waals surface area contributed by atoms with Gasteiger partial charge in [0.25, 0.3) is 0 Å². The van der Waals surface area contributed by atoms with Crippen molar-refractivity contribution in [3.63, 3.8) is 0 Å². The van der Waals surface area contributed by atoms with E-state index in [1.165, 1.54) is 44.9 Å². The third-order valence-electron chi connectivity index (χ3n) is 8.03. The van der Waals surface area contributed by atoms with Crippen LogP contribution < -0.4 is 8.92 Å². The van der Waals surface area contributed by atoms with Gasteiger partial charge < -0.3 is 8.92 Å². The summed E-state index contributed by atoms with van der Waals surface area (Å²) >= 11 is 0. The lowest BCUT2D eigenvalue weighted by Gasteiger charge is -2.38. The molecule has 1 aromatic rings. The Balaban J connectivity index is 1.86. The van der Waals surface area contributed by atoms with E-state index in [2.05, 4.69) is 34.6 Å². The summed E-state index contributed by atoms with van der Waals surface area (Å²) in [6.07, 6.45) is 13.2. The average Bonchev–Trinajstić information content (AvgIpc) is 2.74. The summed E-state index contributed by atoms with van der Waals surface area (Å²) in [7, 11) is -4.57. The number of ether oxygens (including phenoxy) is 1. The first-order valence-corrected chi connectivity index (χ1v) is 15.1.